The molecule has 0 saturated carbocycles. The highest BCUT2D eigenvalue weighted by atomic mass is 16.5. The number of anilines is 1. The Balaban J connectivity index is 2.24. The van der Waals surface area contributed by atoms with Crippen LogP contribution >= 0.6 is 0 Å². The molecule has 0 atom stereocenters. The van der Waals surface area contributed by atoms with Crippen LogP contribution in [-0.2, 0) is 0 Å². The summed E-state index contributed by atoms with van der Waals surface area (Å²) in [4.78, 5) is 0. The Kier molecular flexibility index (Phi) is 1.36. The number of hydrogen-bond donors (Lipinski definition) is 1. The van der Waals surface area contributed by atoms with E-state index in [9.17, 15) is 0 Å². The van der Waals surface area contributed by atoms with Gasteiger partial charge in [0, 0.05) is 10.8 Å². The fourth-order valence-electron chi connectivity index (χ4n) is 2.23. The molecule has 3 heteroatoms. The molecule has 1 aliphatic heterocycles. The molecule has 0 unspecified atom stereocenters. The molecule has 0 aliphatic carbocycles. The molecule has 0 bridgehead atoms. The van der Waals surface area contributed by atoms with Gasteiger partial charge in [-0.15, -0.1) is 0 Å². The summed E-state index contributed by atoms with van der Waals surface area (Å²) in [5, 5.41) is 5.40. The first-order chi connectivity index (χ1) is 7.93. The van der Waals surface area contributed by atoms with E-state index in [1.54, 1.807) is 0 Å². The van der Waals surface area contributed by atoms with E-state index in [0.29, 0.717) is 6.73 Å². The number of fused-ring (bicyclic) bond motifs is 5. The van der Waals surface area contributed by atoms with E-state index in [2.05, 4.69) is 17.4 Å². The zero-order chi connectivity index (χ0) is 10.5. The lowest BCUT2D eigenvalue weighted by Gasteiger charge is -1.96. The highest BCUT2D eigenvalue weighted by Gasteiger charge is 2.19. The predicted molar refractivity (Wildman–Crippen MR) is 62.8 cm³/mol. The maximum Gasteiger partial charge on any atom is 0.188 e. The lowest BCUT2D eigenvalue weighted by molar-refractivity contribution is 0.371. The van der Waals surface area contributed by atoms with Gasteiger partial charge in [-0.3, -0.25) is 0 Å². The van der Waals surface area contributed by atoms with Gasteiger partial charge in [0.15, 0.2) is 18.1 Å². The summed E-state index contributed by atoms with van der Waals surface area (Å²) in [6.45, 7) is 0.519. The van der Waals surface area contributed by atoms with Crippen molar-refractivity contribution in [3.8, 4) is 5.75 Å². The fourth-order valence-corrected chi connectivity index (χ4v) is 2.23. The van der Waals surface area contributed by atoms with Gasteiger partial charge in [0.2, 0.25) is 0 Å². The first kappa shape index (κ1) is 8.05. The number of nitrogens with one attached hydrogen (secondary N) is 1. The molecule has 16 heavy (non-hydrogen) atoms. The van der Waals surface area contributed by atoms with Gasteiger partial charge in [0.25, 0.3) is 0 Å². The minimum absolute atomic E-state index is 0.519. The van der Waals surface area contributed by atoms with Crippen molar-refractivity contribution in [3.63, 3.8) is 0 Å². The van der Waals surface area contributed by atoms with Crippen LogP contribution in [0.2, 0.25) is 0 Å². The molecule has 0 amide bonds. The molecule has 2 heterocycles. The lowest BCUT2D eigenvalue weighted by Crippen LogP contribution is -1.96. The Morgan fingerprint density at radius 2 is 1.94 bits per heavy atom. The third-order valence-corrected chi connectivity index (χ3v) is 2.98. The molecule has 0 fully saturated rings. The molecule has 4 rings (SSSR count). The maximum atomic E-state index is 5.83. The van der Waals surface area contributed by atoms with Gasteiger partial charge in [-0.05, 0) is 18.2 Å². The summed E-state index contributed by atoms with van der Waals surface area (Å²) in [6.07, 6.45) is 0. The van der Waals surface area contributed by atoms with Crippen molar-refractivity contribution in [1.29, 1.82) is 0 Å². The van der Waals surface area contributed by atoms with E-state index in [4.69, 9.17) is 9.15 Å². The van der Waals surface area contributed by atoms with E-state index in [1.807, 2.05) is 24.3 Å². The van der Waals surface area contributed by atoms with Crippen molar-refractivity contribution in [2.75, 3.05) is 12.0 Å². The molecule has 1 aromatic heterocycles. The summed E-state index contributed by atoms with van der Waals surface area (Å²) in [6, 6.07) is 12.1. The van der Waals surface area contributed by atoms with Crippen molar-refractivity contribution in [2.24, 2.45) is 0 Å². The normalized spacial score (nSPS) is 13.8. The van der Waals surface area contributed by atoms with Gasteiger partial charge >= 0.3 is 0 Å². The number of ether oxygens (including phenoxy) is 1. The van der Waals surface area contributed by atoms with Gasteiger partial charge in [-0.1, -0.05) is 18.2 Å². The third-order valence-electron chi connectivity index (χ3n) is 2.98. The molecule has 78 valence electrons. The van der Waals surface area contributed by atoms with Crippen molar-refractivity contribution in [2.45, 2.75) is 0 Å². The van der Waals surface area contributed by atoms with Crippen LogP contribution in [0.4, 0.5) is 5.69 Å². The molecule has 0 radical (unpaired) electrons. The van der Waals surface area contributed by atoms with E-state index < -0.39 is 0 Å². The SMILES string of the molecule is c1ccc2c(c1)oc1c3c(ccc12)NCO3. The predicted octanol–water partition coefficient (Wildman–Crippen LogP) is 3.35. The molecule has 3 nitrogen and oxygen atoms in total. The van der Waals surface area contributed by atoms with Crippen LogP contribution in [0.1, 0.15) is 0 Å². The zero-order valence-corrected chi connectivity index (χ0v) is 8.49. The first-order valence-electron chi connectivity index (χ1n) is 5.24. The van der Waals surface area contributed by atoms with Crippen molar-refractivity contribution in [3.05, 3.63) is 36.4 Å². The average Bonchev–Trinajstić information content (AvgIpc) is 2.92. The summed E-state index contributed by atoms with van der Waals surface area (Å²) < 4.78 is 11.4. The second-order valence-corrected chi connectivity index (χ2v) is 3.88. The van der Waals surface area contributed by atoms with Crippen LogP contribution < -0.4 is 10.1 Å². The van der Waals surface area contributed by atoms with Crippen LogP contribution in [0.15, 0.2) is 40.8 Å². The molecule has 0 spiro atoms. The highest BCUT2D eigenvalue weighted by molar-refractivity contribution is 6.08. The molecular formula is C13H9NO2. The van der Waals surface area contributed by atoms with Gasteiger partial charge in [-0.2, -0.15) is 0 Å². The average molecular weight is 211 g/mol. The van der Waals surface area contributed by atoms with Gasteiger partial charge in [0.05, 0.1) is 5.69 Å². The Hall–Kier alpha value is -2.16. The quantitative estimate of drug-likeness (QED) is 0.619. The van der Waals surface area contributed by atoms with Crippen molar-refractivity contribution in [1.82, 2.24) is 0 Å². The first-order valence-corrected chi connectivity index (χ1v) is 5.24. The van der Waals surface area contributed by atoms with Crippen molar-refractivity contribution >= 4 is 27.6 Å². The van der Waals surface area contributed by atoms with Crippen LogP contribution in [0.5, 0.6) is 5.75 Å². The van der Waals surface area contributed by atoms with E-state index in [0.717, 1.165) is 33.4 Å². The fraction of sp³-hybridized carbons (Fsp3) is 0.0769. The number of benzene rings is 2. The van der Waals surface area contributed by atoms with Crippen molar-refractivity contribution < 1.29 is 9.15 Å². The summed E-state index contributed by atoms with van der Waals surface area (Å²) in [5.74, 6) is 0.828. The summed E-state index contributed by atoms with van der Waals surface area (Å²) >= 11 is 0. The van der Waals surface area contributed by atoms with Gasteiger partial charge in [0.1, 0.15) is 5.58 Å². The standard InChI is InChI=1S/C13H9NO2/c1-2-4-11-8(3-1)9-5-6-10-13(12(9)16-11)15-7-14-10/h1-6,14H,7H2. The molecular weight excluding hydrogens is 202 g/mol. The highest BCUT2D eigenvalue weighted by Crippen LogP contribution is 2.41. The van der Waals surface area contributed by atoms with E-state index in [1.165, 1.54) is 0 Å². The Morgan fingerprint density at radius 1 is 1.00 bits per heavy atom. The van der Waals surface area contributed by atoms with E-state index in [-0.39, 0.29) is 0 Å². The molecule has 1 N–H and O–H groups in total. The molecule has 2 aromatic carbocycles. The topological polar surface area (TPSA) is 34.4 Å². The second-order valence-electron chi connectivity index (χ2n) is 3.88. The van der Waals surface area contributed by atoms with E-state index >= 15 is 0 Å². The van der Waals surface area contributed by atoms with Crippen LogP contribution in [-0.4, -0.2) is 6.73 Å². The van der Waals surface area contributed by atoms with Crippen LogP contribution in [0, 0.1) is 0 Å². The third kappa shape index (κ3) is 0.877. The Morgan fingerprint density at radius 3 is 2.94 bits per heavy atom. The summed E-state index contributed by atoms with van der Waals surface area (Å²) in [5.41, 5.74) is 2.75. The molecule has 3 aromatic rings. The summed E-state index contributed by atoms with van der Waals surface area (Å²) in [7, 11) is 0. The number of furan rings is 1. The minimum Gasteiger partial charge on any atom is -0.467 e. The Labute approximate surface area is 91.6 Å². The Bertz CT molecular complexity index is 700. The molecule has 0 saturated heterocycles. The maximum absolute atomic E-state index is 5.83. The smallest absolute Gasteiger partial charge is 0.188 e. The molecule has 1 aliphatic rings. The monoisotopic (exact) mass is 211 g/mol. The van der Waals surface area contributed by atoms with Crippen LogP contribution in [0.25, 0.3) is 21.9 Å². The number of rotatable bonds is 0. The van der Waals surface area contributed by atoms with Gasteiger partial charge < -0.3 is 14.5 Å². The zero-order valence-electron chi connectivity index (χ0n) is 8.49. The second kappa shape index (κ2) is 2.70. The number of para-hydroxylation sites is 1. The lowest BCUT2D eigenvalue weighted by atomic mass is 10.1. The minimum atomic E-state index is 0.519. The largest absolute Gasteiger partial charge is 0.467 e. The van der Waals surface area contributed by atoms with Gasteiger partial charge in [-0.25, -0.2) is 0 Å². The van der Waals surface area contributed by atoms with Crippen LogP contribution in [0.3, 0.4) is 0 Å². The number of hydrogen-bond acceptors (Lipinski definition) is 3.